The Labute approximate surface area is 104 Å². The van der Waals surface area contributed by atoms with E-state index in [2.05, 4.69) is 24.4 Å². The van der Waals surface area contributed by atoms with Crippen LogP contribution in [0.2, 0.25) is 0 Å². The van der Waals surface area contributed by atoms with Crippen LogP contribution in [0.1, 0.15) is 31.4 Å². The zero-order chi connectivity index (χ0) is 12.5. The van der Waals surface area contributed by atoms with Gasteiger partial charge in [-0.15, -0.1) is 0 Å². The van der Waals surface area contributed by atoms with Gasteiger partial charge in [-0.25, -0.2) is 0 Å². The van der Waals surface area contributed by atoms with Crippen LogP contribution in [-0.4, -0.2) is 31.5 Å². The molecule has 0 aliphatic heterocycles. The molecule has 0 saturated heterocycles. The van der Waals surface area contributed by atoms with Gasteiger partial charge in [-0.1, -0.05) is 43.7 Å². The Bertz CT molecular complexity index is 290. The van der Waals surface area contributed by atoms with Crippen LogP contribution in [0.3, 0.4) is 0 Å². The fraction of sp³-hybridized carbons (Fsp3) is 0.571. The van der Waals surface area contributed by atoms with Gasteiger partial charge in [0.2, 0.25) is 0 Å². The number of rotatable bonds is 8. The molecule has 0 bridgehead atoms. The Balaban J connectivity index is 2.65. The first-order valence-electron chi connectivity index (χ1n) is 6.22. The summed E-state index contributed by atoms with van der Waals surface area (Å²) in [5, 5.41) is 12.7. The van der Waals surface area contributed by atoms with E-state index in [9.17, 15) is 5.11 Å². The molecular formula is C14H23NO2. The number of hydrogen-bond donors (Lipinski definition) is 2. The van der Waals surface area contributed by atoms with Crippen LogP contribution in [0.5, 0.6) is 0 Å². The molecular weight excluding hydrogens is 214 g/mol. The Hall–Kier alpha value is -0.900. The number of methoxy groups -OCH3 is 1. The fourth-order valence-corrected chi connectivity index (χ4v) is 1.96. The first kappa shape index (κ1) is 14.2. The van der Waals surface area contributed by atoms with Crippen LogP contribution in [-0.2, 0) is 4.74 Å². The lowest BCUT2D eigenvalue weighted by atomic mass is 10.0. The van der Waals surface area contributed by atoms with Gasteiger partial charge in [0, 0.05) is 13.2 Å². The van der Waals surface area contributed by atoms with E-state index in [4.69, 9.17) is 4.74 Å². The largest absolute Gasteiger partial charge is 0.395 e. The van der Waals surface area contributed by atoms with Crippen LogP contribution >= 0.6 is 0 Å². The molecule has 0 amide bonds. The van der Waals surface area contributed by atoms with Crippen LogP contribution in [0.4, 0.5) is 0 Å². The lowest BCUT2D eigenvalue weighted by molar-refractivity contribution is 0.121. The van der Waals surface area contributed by atoms with Crippen molar-refractivity contribution in [2.24, 2.45) is 0 Å². The summed E-state index contributed by atoms with van der Waals surface area (Å²) < 4.78 is 5.09. The van der Waals surface area contributed by atoms with Crippen molar-refractivity contribution in [1.29, 1.82) is 0 Å². The number of benzene rings is 1. The molecule has 1 aromatic rings. The molecule has 3 nitrogen and oxygen atoms in total. The standard InChI is InChI=1S/C14H23NO2/c1-3-7-14(12-8-5-4-6-9-12)15-13(10-16)11-17-2/h4-6,8-9,13-16H,3,7,10-11H2,1-2H3. The topological polar surface area (TPSA) is 41.5 Å². The van der Waals surface area contributed by atoms with Crippen LogP contribution in [0, 0.1) is 0 Å². The normalized spacial score (nSPS) is 14.5. The van der Waals surface area contributed by atoms with Crippen molar-refractivity contribution < 1.29 is 9.84 Å². The summed E-state index contributed by atoms with van der Waals surface area (Å²) in [5.41, 5.74) is 1.27. The zero-order valence-corrected chi connectivity index (χ0v) is 10.7. The summed E-state index contributed by atoms with van der Waals surface area (Å²) in [6.07, 6.45) is 2.17. The van der Waals surface area contributed by atoms with Crippen molar-refractivity contribution in [3.63, 3.8) is 0 Å². The summed E-state index contributed by atoms with van der Waals surface area (Å²) >= 11 is 0. The SMILES string of the molecule is CCCC(NC(CO)COC)c1ccccc1. The van der Waals surface area contributed by atoms with Gasteiger partial charge in [0.15, 0.2) is 0 Å². The van der Waals surface area contributed by atoms with Crippen LogP contribution in [0.25, 0.3) is 0 Å². The predicted molar refractivity (Wildman–Crippen MR) is 70.0 cm³/mol. The molecule has 3 heteroatoms. The minimum Gasteiger partial charge on any atom is -0.395 e. The summed E-state index contributed by atoms with van der Waals surface area (Å²) in [4.78, 5) is 0. The van der Waals surface area contributed by atoms with E-state index < -0.39 is 0 Å². The predicted octanol–water partition coefficient (Wildman–Crippen LogP) is 2.12. The average Bonchev–Trinajstić information content (AvgIpc) is 2.38. The van der Waals surface area contributed by atoms with Crippen molar-refractivity contribution in [2.75, 3.05) is 20.3 Å². The van der Waals surface area contributed by atoms with E-state index in [1.54, 1.807) is 7.11 Å². The molecule has 0 spiro atoms. The van der Waals surface area contributed by atoms with Crippen LogP contribution in [0.15, 0.2) is 30.3 Å². The molecule has 0 aromatic heterocycles. The van der Waals surface area contributed by atoms with E-state index in [-0.39, 0.29) is 18.7 Å². The first-order valence-corrected chi connectivity index (χ1v) is 6.22. The maximum absolute atomic E-state index is 9.28. The van der Waals surface area contributed by atoms with Gasteiger partial charge in [0.05, 0.1) is 19.3 Å². The Morgan fingerprint density at radius 3 is 2.53 bits per heavy atom. The van der Waals surface area contributed by atoms with Crippen molar-refractivity contribution in [2.45, 2.75) is 31.8 Å². The minimum absolute atomic E-state index is 0.00300. The molecule has 1 aromatic carbocycles. The second-order valence-corrected chi connectivity index (χ2v) is 4.25. The third kappa shape index (κ3) is 4.86. The van der Waals surface area contributed by atoms with E-state index in [0.717, 1.165) is 12.8 Å². The molecule has 0 saturated carbocycles. The highest BCUT2D eigenvalue weighted by Gasteiger charge is 2.15. The molecule has 0 aliphatic rings. The van der Waals surface area contributed by atoms with Gasteiger partial charge in [0.1, 0.15) is 0 Å². The maximum Gasteiger partial charge on any atom is 0.0638 e. The molecule has 2 N–H and O–H groups in total. The van der Waals surface area contributed by atoms with Gasteiger partial charge in [-0.2, -0.15) is 0 Å². The third-order valence-electron chi connectivity index (χ3n) is 2.80. The highest BCUT2D eigenvalue weighted by molar-refractivity contribution is 5.19. The summed E-state index contributed by atoms with van der Waals surface area (Å²) in [5.74, 6) is 0. The second-order valence-electron chi connectivity index (χ2n) is 4.25. The van der Waals surface area contributed by atoms with E-state index in [1.165, 1.54) is 5.56 Å². The smallest absolute Gasteiger partial charge is 0.0638 e. The van der Waals surface area contributed by atoms with E-state index in [0.29, 0.717) is 6.61 Å². The highest BCUT2D eigenvalue weighted by atomic mass is 16.5. The van der Waals surface area contributed by atoms with Crippen molar-refractivity contribution in [1.82, 2.24) is 5.32 Å². The van der Waals surface area contributed by atoms with Gasteiger partial charge in [-0.05, 0) is 12.0 Å². The van der Waals surface area contributed by atoms with E-state index in [1.807, 2.05) is 18.2 Å². The lowest BCUT2D eigenvalue weighted by Crippen LogP contribution is -2.39. The molecule has 0 radical (unpaired) electrons. The van der Waals surface area contributed by atoms with Gasteiger partial charge in [0.25, 0.3) is 0 Å². The average molecular weight is 237 g/mol. The molecule has 96 valence electrons. The number of ether oxygens (including phenoxy) is 1. The fourth-order valence-electron chi connectivity index (χ4n) is 1.96. The number of aliphatic hydroxyl groups excluding tert-OH is 1. The second kappa shape index (κ2) is 8.23. The molecule has 0 aliphatic carbocycles. The maximum atomic E-state index is 9.28. The Morgan fingerprint density at radius 1 is 1.29 bits per heavy atom. The Morgan fingerprint density at radius 2 is 2.00 bits per heavy atom. The summed E-state index contributed by atoms with van der Waals surface area (Å²) in [7, 11) is 1.65. The monoisotopic (exact) mass is 237 g/mol. The van der Waals surface area contributed by atoms with Crippen molar-refractivity contribution in [3.05, 3.63) is 35.9 Å². The summed E-state index contributed by atoms with van der Waals surface area (Å²) in [6.45, 7) is 2.80. The van der Waals surface area contributed by atoms with Crippen molar-refractivity contribution in [3.8, 4) is 0 Å². The molecule has 1 rings (SSSR count). The highest BCUT2D eigenvalue weighted by Crippen LogP contribution is 2.18. The molecule has 0 heterocycles. The lowest BCUT2D eigenvalue weighted by Gasteiger charge is -2.24. The number of hydrogen-bond acceptors (Lipinski definition) is 3. The minimum atomic E-state index is -0.00300. The van der Waals surface area contributed by atoms with Crippen molar-refractivity contribution >= 4 is 0 Å². The molecule has 17 heavy (non-hydrogen) atoms. The van der Waals surface area contributed by atoms with Gasteiger partial charge >= 0.3 is 0 Å². The molecule has 0 fully saturated rings. The first-order chi connectivity index (χ1) is 8.31. The molecule has 2 atom stereocenters. The third-order valence-corrected chi connectivity index (χ3v) is 2.80. The van der Waals surface area contributed by atoms with Gasteiger partial charge < -0.3 is 15.2 Å². The number of nitrogens with one attached hydrogen (secondary N) is 1. The number of aliphatic hydroxyl groups is 1. The quantitative estimate of drug-likeness (QED) is 0.727. The van der Waals surface area contributed by atoms with Gasteiger partial charge in [-0.3, -0.25) is 0 Å². The zero-order valence-electron chi connectivity index (χ0n) is 10.7. The summed E-state index contributed by atoms with van der Waals surface area (Å²) in [6, 6.07) is 10.6. The van der Waals surface area contributed by atoms with E-state index >= 15 is 0 Å². The Kier molecular flexibility index (Phi) is 6.86. The molecule has 2 unspecified atom stereocenters. The van der Waals surface area contributed by atoms with Crippen LogP contribution < -0.4 is 5.32 Å².